The Morgan fingerprint density at radius 2 is 2.00 bits per heavy atom. The van der Waals surface area contributed by atoms with Crippen molar-refractivity contribution in [2.75, 3.05) is 19.7 Å². The smallest absolute Gasteiger partial charge is 0.123 e. The van der Waals surface area contributed by atoms with Crippen molar-refractivity contribution in [1.82, 2.24) is 4.90 Å². The van der Waals surface area contributed by atoms with E-state index in [1.807, 2.05) is 12.1 Å². The van der Waals surface area contributed by atoms with E-state index in [1.54, 1.807) is 0 Å². The molecule has 1 aliphatic carbocycles. The minimum atomic E-state index is -0.218. The summed E-state index contributed by atoms with van der Waals surface area (Å²) >= 11 is 0. The van der Waals surface area contributed by atoms with Crippen LogP contribution < -0.4 is 5.73 Å². The van der Waals surface area contributed by atoms with E-state index in [0.717, 1.165) is 18.5 Å². The third-order valence-electron chi connectivity index (χ3n) is 4.00. The molecule has 0 spiro atoms. The molecule has 106 valence electrons. The molecule has 1 aromatic rings. The zero-order valence-electron chi connectivity index (χ0n) is 11.3. The Morgan fingerprint density at radius 3 is 2.47 bits per heavy atom. The number of rotatable bonds is 7. The third-order valence-corrected chi connectivity index (χ3v) is 4.00. The molecule has 0 radical (unpaired) electrons. The van der Waals surface area contributed by atoms with Gasteiger partial charge < -0.3 is 10.8 Å². The summed E-state index contributed by atoms with van der Waals surface area (Å²) in [6, 6.07) is 7.29. The molecule has 3 nitrogen and oxygen atoms in total. The molecule has 4 heteroatoms. The largest absolute Gasteiger partial charge is 0.396 e. The normalized spacial score (nSPS) is 17.5. The number of hydrogen-bond acceptors (Lipinski definition) is 3. The summed E-state index contributed by atoms with van der Waals surface area (Å²) in [4.78, 5) is 2.38. The van der Waals surface area contributed by atoms with Gasteiger partial charge in [0.15, 0.2) is 0 Å². The van der Waals surface area contributed by atoms with Crippen LogP contribution in [0.1, 0.15) is 37.3 Å². The van der Waals surface area contributed by atoms with Gasteiger partial charge in [0, 0.05) is 31.8 Å². The Labute approximate surface area is 114 Å². The maximum absolute atomic E-state index is 13.0. The van der Waals surface area contributed by atoms with Crippen LogP contribution in [-0.2, 0) is 0 Å². The van der Waals surface area contributed by atoms with Crippen LogP contribution in [0.4, 0.5) is 4.39 Å². The van der Waals surface area contributed by atoms with Gasteiger partial charge in [0.2, 0.25) is 0 Å². The van der Waals surface area contributed by atoms with Gasteiger partial charge in [-0.15, -0.1) is 0 Å². The van der Waals surface area contributed by atoms with Crippen molar-refractivity contribution in [2.24, 2.45) is 5.73 Å². The number of aliphatic hydroxyl groups is 1. The van der Waals surface area contributed by atoms with Crippen molar-refractivity contribution >= 4 is 0 Å². The molecule has 1 aromatic carbocycles. The van der Waals surface area contributed by atoms with Gasteiger partial charge in [0.05, 0.1) is 0 Å². The summed E-state index contributed by atoms with van der Waals surface area (Å²) < 4.78 is 13.0. The van der Waals surface area contributed by atoms with Gasteiger partial charge in [0.25, 0.3) is 0 Å². The van der Waals surface area contributed by atoms with Crippen molar-refractivity contribution in [3.8, 4) is 0 Å². The fourth-order valence-corrected chi connectivity index (χ4v) is 2.71. The molecule has 0 amide bonds. The maximum Gasteiger partial charge on any atom is 0.123 e. The Morgan fingerprint density at radius 1 is 1.32 bits per heavy atom. The number of halogens is 1. The van der Waals surface area contributed by atoms with Crippen LogP contribution in [0.3, 0.4) is 0 Å². The first-order valence-electron chi connectivity index (χ1n) is 7.08. The molecular formula is C15H23FN2O. The van der Waals surface area contributed by atoms with Crippen molar-refractivity contribution in [1.29, 1.82) is 0 Å². The van der Waals surface area contributed by atoms with E-state index in [0.29, 0.717) is 12.6 Å². The number of benzene rings is 1. The van der Waals surface area contributed by atoms with Gasteiger partial charge in [-0.2, -0.15) is 0 Å². The molecule has 1 unspecified atom stereocenters. The molecule has 19 heavy (non-hydrogen) atoms. The highest BCUT2D eigenvalue weighted by molar-refractivity contribution is 5.21. The van der Waals surface area contributed by atoms with Crippen LogP contribution in [0.5, 0.6) is 0 Å². The van der Waals surface area contributed by atoms with Gasteiger partial charge in [-0.3, -0.25) is 4.90 Å². The third kappa shape index (κ3) is 3.53. The van der Waals surface area contributed by atoms with E-state index in [-0.39, 0.29) is 18.5 Å². The fourth-order valence-electron chi connectivity index (χ4n) is 2.71. The van der Waals surface area contributed by atoms with Gasteiger partial charge in [-0.1, -0.05) is 18.6 Å². The van der Waals surface area contributed by atoms with Gasteiger partial charge in [0.1, 0.15) is 5.82 Å². The van der Waals surface area contributed by atoms with Crippen molar-refractivity contribution in [3.05, 3.63) is 35.6 Å². The summed E-state index contributed by atoms with van der Waals surface area (Å²) in [7, 11) is 0. The first-order valence-corrected chi connectivity index (χ1v) is 7.08. The summed E-state index contributed by atoms with van der Waals surface area (Å²) in [5.74, 6) is -0.218. The lowest BCUT2D eigenvalue weighted by Gasteiger charge is -2.42. The van der Waals surface area contributed by atoms with E-state index >= 15 is 0 Å². The zero-order chi connectivity index (χ0) is 13.7. The van der Waals surface area contributed by atoms with E-state index < -0.39 is 0 Å². The number of aliphatic hydroxyl groups excluding tert-OH is 1. The molecule has 1 atom stereocenters. The molecule has 0 saturated heterocycles. The summed E-state index contributed by atoms with van der Waals surface area (Å²) in [6.45, 7) is 1.57. The Bertz CT molecular complexity index is 378. The lowest BCUT2D eigenvalue weighted by molar-refractivity contribution is 0.0743. The fraction of sp³-hybridized carbons (Fsp3) is 0.600. The second kappa shape index (κ2) is 6.98. The predicted molar refractivity (Wildman–Crippen MR) is 74.2 cm³/mol. The predicted octanol–water partition coefficient (Wildman–Crippen LogP) is 2.06. The first kappa shape index (κ1) is 14.4. The minimum absolute atomic E-state index is 0.123. The van der Waals surface area contributed by atoms with Crippen LogP contribution in [0.25, 0.3) is 0 Å². The van der Waals surface area contributed by atoms with Crippen molar-refractivity contribution < 1.29 is 9.50 Å². The van der Waals surface area contributed by atoms with Crippen LogP contribution in [0.2, 0.25) is 0 Å². The average Bonchev–Trinajstić information content (AvgIpc) is 2.36. The number of hydrogen-bond donors (Lipinski definition) is 2. The SMILES string of the molecule is NCC(c1ccc(F)cc1)N(CCCO)C1CCC1. The molecule has 0 aliphatic heterocycles. The maximum atomic E-state index is 13.0. The lowest BCUT2D eigenvalue weighted by atomic mass is 9.89. The van der Waals surface area contributed by atoms with Crippen LogP contribution >= 0.6 is 0 Å². The van der Waals surface area contributed by atoms with Gasteiger partial charge in [-0.25, -0.2) is 4.39 Å². The second-order valence-electron chi connectivity index (χ2n) is 5.20. The Balaban J connectivity index is 2.12. The molecule has 3 N–H and O–H groups in total. The van der Waals surface area contributed by atoms with E-state index in [2.05, 4.69) is 4.90 Å². The summed E-state index contributed by atoms with van der Waals surface area (Å²) in [5.41, 5.74) is 7.00. The average molecular weight is 266 g/mol. The van der Waals surface area contributed by atoms with Gasteiger partial charge in [-0.05, 0) is 37.0 Å². The molecule has 2 rings (SSSR count). The quantitative estimate of drug-likeness (QED) is 0.794. The lowest BCUT2D eigenvalue weighted by Crippen LogP contribution is -2.45. The highest BCUT2D eigenvalue weighted by Crippen LogP contribution is 2.32. The molecular weight excluding hydrogens is 243 g/mol. The highest BCUT2D eigenvalue weighted by atomic mass is 19.1. The standard InChI is InChI=1S/C15H23FN2O/c16-13-7-5-12(6-8-13)15(11-17)18(9-2-10-19)14-3-1-4-14/h5-8,14-15,19H,1-4,9-11,17H2. The van der Waals surface area contributed by atoms with Crippen LogP contribution in [0, 0.1) is 5.82 Å². The van der Waals surface area contributed by atoms with Crippen LogP contribution in [-0.4, -0.2) is 35.7 Å². The molecule has 1 aliphatic rings. The Hall–Kier alpha value is -0.970. The summed E-state index contributed by atoms with van der Waals surface area (Å²) in [5, 5.41) is 9.04. The van der Waals surface area contributed by atoms with E-state index in [1.165, 1.54) is 31.4 Å². The van der Waals surface area contributed by atoms with E-state index in [4.69, 9.17) is 10.8 Å². The van der Waals surface area contributed by atoms with Gasteiger partial charge >= 0.3 is 0 Å². The van der Waals surface area contributed by atoms with Crippen molar-refractivity contribution in [2.45, 2.75) is 37.8 Å². The molecule has 0 heterocycles. The van der Waals surface area contributed by atoms with Crippen LogP contribution in [0.15, 0.2) is 24.3 Å². The molecule has 0 bridgehead atoms. The highest BCUT2D eigenvalue weighted by Gasteiger charge is 2.30. The zero-order valence-corrected chi connectivity index (χ0v) is 11.3. The monoisotopic (exact) mass is 266 g/mol. The van der Waals surface area contributed by atoms with E-state index in [9.17, 15) is 4.39 Å². The molecule has 0 aromatic heterocycles. The minimum Gasteiger partial charge on any atom is -0.396 e. The first-order chi connectivity index (χ1) is 9.26. The van der Waals surface area contributed by atoms with Crippen molar-refractivity contribution in [3.63, 3.8) is 0 Å². The summed E-state index contributed by atoms with van der Waals surface area (Å²) in [6.07, 6.45) is 4.42. The molecule has 1 saturated carbocycles. The Kier molecular flexibility index (Phi) is 5.31. The topological polar surface area (TPSA) is 49.5 Å². The number of nitrogens with zero attached hydrogens (tertiary/aromatic N) is 1. The second-order valence-corrected chi connectivity index (χ2v) is 5.20. The molecule has 1 fully saturated rings. The number of nitrogens with two attached hydrogens (primary N) is 1.